The van der Waals surface area contributed by atoms with Gasteiger partial charge in [-0.3, -0.25) is 9.59 Å². The fraction of sp³-hybridized carbons (Fsp3) is 0.227. The highest BCUT2D eigenvalue weighted by molar-refractivity contribution is 5.94. The monoisotopic (exact) mass is 429 g/mol. The van der Waals surface area contributed by atoms with Crippen LogP contribution in [0.1, 0.15) is 27.2 Å². The highest BCUT2D eigenvalue weighted by Gasteiger charge is 2.31. The van der Waals surface area contributed by atoms with Crippen molar-refractivity contribution in [2.75, 3.05) is 13.7 Å². The first-order valence-electron chi connectivity index (χ1n) is 9.49. The van der Waals surface area contributed by atoms with E-state index in [1.807, 2.05) is 0 Å². The van der Waals surface area contributed by atoms with Crippen LogP contribution in [0.3, 0.4) is 0 Å². The lowest BCUT2D eigenvalue weighted by Gasteiger charge is -2.28. The molecule has 0 unspecified atom stereocenters. The second-order valence-corrected chi connectivity index (χ2v) is 7.12. The predicted octanol–water partition coefficient (Wildman–Crippen LogP) is 3.66. The predicted molar refractivity (Wildman–Crippen MR) is 107 cm³/mol. The number of hydrogen-bond donors (Lipinski definition) is 1. The zero-order valence-electron chi connectivity index (χ0n) is 16.5. The third-order valence-corrected chi connectivity index (χ3v) is 5.16. The van der Waals surface area contributed by atoms with Crippen LogP contribution in [0.15, 0.2) is 53.3 Å². The first-order chi connectivity index (χ1) is 14.8. The molecule has 0 bridgehead atoms. The zero-order chi connectivity index (χ0) is 22.2. The Hall–Kier alpha value is -3.62. The number of H-pyrrole nitrogens is 1. The van der Waals surface area contributed by atoms with Gasteiger partial charge in [0.25, 0.3) is 11.5 Å². The summed E-state index contributed by atoms with van der Waals surface area (Å²) in [6.07, 6.45) is -4.10. The van der Waals surface area contributed by atoms with Crippen molar-refractivity contribution in [3.63, 3.8) is 0 Å². The van der Waals surface area contributed by atoms with E-state index >= 15 is 0 Å². The number of nitrogens with one attached hydrogen (secondary N) is 1. The lowest BCUT2D eigenvalue weighted by Crippen LogP contribution is -2.39. The summed E-state index contributed by atoms with van der Waals surface area (Å²) in [4.78, 5) is 34.2. The van der Waals surface area contributed by atoms with Crippen molar-refractivity contribution in [1.82, 2.24) is 14.9 Å². The molecule has 31 heavy (non-hydrogen) atoms. The summed E-state index contributed by atoms with van der Waals surface area (Å²) in [6.45, 7) is 0.344. The Kier molecular flexibility index (Phi) is 5.26. The fourth-order valence-electron chi connectivity index (χ4n) is 3.49. The van der Waals surface area contributed by atoms with Gasteiger partial charge in [0.15, 0.2) is 0 Å². The van der Waals surface area contributed by atoms with Gasteiger partial charge in [0.05, 0.1) is 30.5 Å². The highest BCUT2D eigenvalue weighted by Crippen LogP contribution is 2.29. The number of fused-ring (bicyclic) bond motifs is 1. The molecule has 0 spiro atoms. The number of alkyl halides is 3. The van der Waals surface area contributed by atoms with Crippen LogP contribution in [0.25, 0.3) is 11.4 Å². The number of halogens is 3. The zero-order valence-corrected chi connectivity index (χ0v) is 16.5. The quantitative estimate of drug-likeness (QED) is 0.690. The number of carbonyl (C=O) groups excluding carboxylic acids is 1. The SMILES string of the molecule is COc1cccc(-c2nc3c(c(=O)[nH]2)CN(C(=O)c2ccc(C(F)(F)F)cc2)CC3)c1. The van der Waals surface area contributed by atoms with Crippen molar-refractivity contribution in [2.45, 2.75) is 19.1 Å². The molecule has 0 saturated carbocycles. The van der Waals surface area contributed by atoms with Crippen LogP contribution in [0.4, 0.5) is 13.2 Å². The molecule has 4 rings (SSSR count). The van der Waals surface area contributed by atoms with Crippen molar-refractivity contribution < 1.29 is 22.7 Å². The summed E-state index contributed by atoms with van der Waals surface area (Å²) in [7, 11) is 1.55. The van der Waals surface area contributed by atoms with E-state index in [-0.39, 0.29) is 17.7 Å². The number of aromatic nitrogens is 2. The second kappa shape index (κ2) is 7.90. The van der Waals surface area contributed by atoms with Gasteiger partial charge in [-0.15, -0.1) is 0 Å². The van der Waals surface area contributed by atoms with E-state index in [1.54, 1.807) is 31.4 Å². The fourth-order valence-corrected chi connectivity index (χ4v) is 3.49. The van der Waals surface area contributed by atoms with Gasteiger partial charge in [0, 0.05) is 24.1 Å². The minimum Gasteiger partial charge on any atom is -0.497 e. The van der Waals surface area contributed by atoms with Gasteiger partial charge >= 0.3 is 6.18 Å². The third kappa shape index (κ3) is 4.16. The van der Waals surface area contributed by atoms with Gasteiger partial charge in [-0.25, -0.2) is 4.98 Å². The van der Waals surface area contributed by atoms with E-state index < -0.39 is 17.6 Å². The maximum absolute atomic E-state index is 12.7. The molecule has 9 heteroatoms. The van der Waals surface area contributed by atoms with Gasteiger partial charge in [-0.1, -0.05) is 12.1 Å². The molecule has 2 heterocycles. The number of rotatable bonds is 3. The normalized spacial score (nSPS) is 13.6. The molecule has 2 aromatic carbocycles. The number of methoxy groups -OCH3 is 1. The van der Waals surface area contributed by atoms with E-state index in [4.69, 9.17) is 4.74 Å². The number of ether oxygens (including phenoxy) is 1. The summed E-state index contributed by atoms with van der Waals surface area (Å²) in [5, 5.41) is 0. The lowest BCUT2D eigenvalue weighted by atomic mass is 10.0. The number of hydrogen-bond acceptors (Lipinski definition) is 4. The van der Waals surface area contributed by atoms with Gasteiger partial charge in [0.2, 0.25) is 0 Å². The number of aromatic amines is 1. The van der Waals surface area contributed by atoms with E-state index in [1.165, 1.54) is 4.90 Å². The highest BCUT2D eigenvalue weighted by atomic mass is 19.4. The van der Waals surface area contributed by atoms with Crippen LogP contribution in [-0.4, -0.2) is 34.4 Å². The Balaban J connectivity index is 1.57. The number of amides is 1. The van der Waals surface area contributed by atoms with Crippen molar-refractivity contribution in [2.24, 2.45) is 0 Å². The summed E-state index contributed by atoms with van der Waals surface area (Å²) in [5.41, 5.74) is 0.624. The summed E-state index contributed by atoms with van der Waals surface area (Å²) < 4.78 is 43.4. The molecule has 0 aliphatic carbocycles. The summed E-state index contributed by atoms with van der Waals surface area (Å²) in [6, 6.07) is 11.2. The average molecular weight is 429 g/mol. The average Bonchev–Trinajstić information content (AvgIpc) is 2.78. The Morgan fingerprint density at radius 3 is 2.58 bits per heavy atom. The second-order valence-electron chi connectivity index (χ2n) is 7.12. The molecule has 0 fully saturated rings. The molecule has 6 nitrogen and oxygen atoms in total. The molecule has 1 aromatic heterocycles. The molecular weight excluding hydrogens is 411 g/mol. The minimum absolute atomic E-state index is 0.0376. The van der Waals surface area contributed by atoms with E-state index in [0.717, 1.165) is 24.3 Å². The van der Waals surface area contributed by atoms with Gasteiger partial charge in [-0.05, 0) is 36.4 Å². The lowest BCUT2D eigenvalue weighted by molar-refractivity contribution is -0.137. The van der Waals surface area contributed by atoms with Gasteiger partial charge in [0.1, 0.15) is 11.6 Å². The standard InChI is InChI=1S/C22H18F3N3O3/c1-31-16-4-2-3-14(11-16)19-26-18-9-10-28(12-17(18)20(29)27-19)21(30)13-5-7-15(8-6-13)22(23,24)25/h2-8,11H,9-10,12H2,1H3,(H,26,27,29). The Bertz CT molecular complexity index is 1190. The summed E-state index contributed by atoms with van der Waals surface area (Å²) in [5.74, 6) is 0.604. The van der Waals surface area contributed by atoms with Crippen LogP contribution in [0, 0.1) is 0 Å². The van der Waals surface area contributed by atoms with E-state index in [9.17, 15) is 22.8 Å². The first kappa shape index (κ1) is 20.6. The topological polar surface area (TPSA) is 75.3 Å². The maximum Gasteiger partial charge on any atom is 0.416 e. The summed E-state index contributed by atoms with van der Waals surface area (Å²) >= 11 is 0. The third-order valence-electron chi connectivity index (χ3n) is 5.16. The van der Waals surface area contributed by atoms with Crippen LogP contribution in [0.2, 0.25) is 0 Å². The smallest absolute Gasteiger partial charge is 0.416 e. The largest absolute Gasteiger partial charge is 0.497 e. The first-order valence-corrected chi connectivity index (χ1v) is 9.49. The molecule has 1 amide bonds. The Morgan fingerprint density at radius 1 is 1.16 bits per heavy atom. The molecule has 0 atom stereocenters. The molecular formula is C22H18F3N3O3. The van der Waals surface area contributed by atoms with Crippen molar-refractivity contribution in [1.29, 1.82) is 0 Å². The van der Waals surface area contributed by atoms with Gasteiger partial charge < -0.3 is 14.6 Å². The number of nitrogens with zero attached hydrogens (tertiary/aromatic N) is 2. The van der Waals surface area contributed by atoms with Crippen molar-refractivity contribution in [3.8, 4) is 17.1 Å². The van der Waals surface area contributed by atoms with E-state index in [0.29, 0.717) is 41.4 Å². The molecule has 1 N–H and O–H groups in total. The molecule has 1 aliphatic heterocycles. The maximum atomic E-state index is 12.7. The van der Waals surface area contributed by atoms with E-state index in [2.05, 4.69) is 9.97 Å². The number of carbonyl (C=O) groups is 1. The van der Waals surface area contributed by atoms with Crippen molar-refractivity contribution in [3.05, 3.63) is 81.3 Å². The molecule has 0 saturated heterocycles. The van der Waals surface area contributed by atoms with Crippen LogP contribution in [-0.2, 0) is 19.1 Å². The molecule has 1 aliphatic rings. The molecule has 0 radical (unpaired) electrons. The Labute approximate surface area is 175 Å². The van der Waals surface area contributed by atoms with Crippen LogP contribution >= 0.6 is 0 Å². The van der Waals surface area contributed by atoms with Crippen molar-refractivity contribution >= 4 is 5.91 Å². The Morgan fingerprint density at radius 2 is 1.90 bits per heavy atom. The minimum atomic E-state index is -4.47. The molecule has 160 valence electrons. The van der Waals surface area contributed by atoms with Gasteiger partial charge in [-0.2, -0.15) is 13.2 Å². The van der Waals surface area contributed by atoms with Crippen LogP contribution < -0.4 is 10.3 Å². The number of benzene rings is 2. The molecule has 3 aromatic rings. The van der Waals surface area contributed by atoms with Crippen LogP contribution in [0.5, 0.6) is 5.75 Å².